The van der Waals surface area contributed by atoms with Gasteiger partial charge in [0.15, 0.2) is 0 Å². The van der Waals surface area contributed by atoms with Gasteiger partial charge >= 0.3 is 0 Å². The van der Waals surface area contributed by atoms with E-state index in [1.54, 1.807) is 0 Å². The van der Waals surface area contributed by atoms with Gasteiger partial charge in [0.2, 0.25) is 0 Å². The fourth-order valence-electron chi connectivity index (χ4n) is 13.8. The molecule has 0 aliphatic heterocycles. The van der Waals surface area contributed by atoms with Gasteiger partial charge in [0.05, 0.1) is 27.5 Å². The molecule has 0 amide bonds. The molecule has 2 aromatic heterocycles. The summed E-state index contributed by atoms with van der Waals surface area (Å²) in [7, 11) is 0. The second-order valence-electron chi connectivity index (χ2n) is 20.6. The van der Waals surface area contributed by atoms with Crippen LogP contribution in [-0.2, 0) is 5.41 Å². The molecule has 13 aromatic carbocycles. The van der Waals surface area contributed by atoms with Gasteiger partial charge in [0.25, 0.3) is 0 Å². The van der Waals surface area contributed by atoms with Gasteiger partial charge in [-0.05, 0) is 149 Å². The molecule has 2 heteroatoms. The standard InChI is InChI=1S/C75H48N2/c1-5-23-50(24-6-1)75(51-25-7-2-8-26-51)66-40-16-13-31-56(66)65-47-49(45-46-67(65)75)72-59-36-19-34-54(57-38-21-43-70-73(57)61-32-14-17-41-68(61)76(70)52-27-9-3-10-28-52)63(59)48-64-55(35-20-37-60(64)72)58-39-22-44-71-74(58)62-33-15-18-42-69(62)77(71)53-29-11-4-12-30-53/h1-48H. The first kappa shape index (κ1) is 43.4. The van der Waals surface area contributed by atoms with Crippen molar-refractivity contribution < 1.29 is 0 Å². The third kappa shape index (κ3) is 6.24. The van der Waals surface area contributed by atoms with Crippen molar-refractivity contribution in [3.8, 4) is 55.9 Å². The summed E-state index contributed by atoms with van der Waals surface area (Å²) in [6.45, 7) is 0. The van der Waals surface area contributed by atoms with Crippen LogP contribution < -0.4 is 0 Å². The maximum atomic E-state index is 2.52. The van der Waals surface area contributed by atoms with E-state index in [9.17, 15) is 0 Å². The number of hydrogen-bond acceptors (Lipinski definition) is 0. The Balaban J connectivity index is 1.02. The lowest BCUT2D eigenvalue weighted by Gasteiger charge is -2.33. The molecule has 0 unspecified atom stereocenters. The highest BCUT2D eigenvalue weighted by molar-refractivity contribution is 6.25. The zero-order valence-corrected chi connectivity index (χ0v) is 42.1. The first-order valence-corrected chi connectivity index (χ1v) is 26.8. The highest BCUT2D eigenvalue weighted by Gasteiger charge is 2.46. The summed E-state index contributed by atoms with van der Waals surface area (Å²) in [5.74, 6) is 0. The van der Waals surface area contributed by atoms with E-state index in [0.29, 0.717) is 0 Å². The van der Waals surface area contributed by atoms with Crippen LogP contribution in [0.1, 0.15) is 22.3 Å². The average molecular weight is 977 g/mol. The van der Waals surface area contributed by atoms with E-state index in [1.807, 2.05) is 0 Å². The van der Waals surface area contributed by atoms with Crippen LogP contribution in [0.5, 0.6) is 0 Å². The van der Waals surface area contributed by atoms with E-state index in [4.69, 9.17) is 0 Å². The Labute approximate surface area is 446 Å². The van der Waals surface area contributed by atoms with Crippen LogP contribution in [0.3, 0.4) is 0 Å². The quantitative estimate of drug-likeness (QED) is 0.141. The first-order chi connectivity index (χ1) is 38.3. The van der Waals surface area contributed by atoms with Crippen molar-refractivity contribution in [2.75, 3.05) is 0 Å². The van der Waals surface area contributed by atoms with Crippen molar-refractivity contribution in [1.82, 2.24) is 9.13 Å². The number of fused-ring (bicyclic) bond motifs is 11. The van der Waals surface area contributed by atoms with Crippen LogP contribution in [0.2, 0.25) is 0 Å². The highest BCUT2D eigenvalue weighted by atomic mass is 15.0. The van der Waals surface area contributed by atoms with E-state index >= 15 is 0 Å². The maximum absolute atomic E-state index is 2.52. The number of aromatic nitrogens is 2. The van der Waals surface area contributed by atoms with Gasteiger partial charge in [-0.3, -0.25) is 0 Å². The number of hydrogen-bond donors (Lipinski definition) is 0. The minimum absolute atomic E-state index is 0.497. The summed E-state index contributed by atoms with van der Waals surface area (Å²) in [6.07, 6.45) is 0. The molecule has 0 atom stereocenters. The second kappa shape index (κ2) is 17.0. The Morgan fingerprint density at radius 1 is 0.234 bits per heavy atom. The molecule has 0 spiro atoms. The van der Waals surface area contributed by atoms with Gasteiger partial charge in [-0.15, -0.1) is 0 Å². The molecule has 0 fully saturated rings. The van der Waals surface area contributed by atoms with Crippen LogP contribution in [0.15, 0.2) is 291 Å². The minimum Gasteiger partial charge on any atom is -0.309 e. The van der Waals surface area contributed by atoms with Crippen molar-refractivity contribution in [3.05, 3.63) is 313 Å². The minimum atomic E-state index is -0.497. The summed E-state index contributed by atoms with van der Waals surface area (Å²) in [5, 5.41) is 9.85. The fraction of sp³-hybridized carbons (Fsp3) is 0.0133. The van der Waals surface area contributed by atoms with Crippen LogP contribution in [0.4, 0.5) is 0 Å². The number of rotatable bonds is 7. The second-order valence-corrected chi connectivity index (χ2v) is 20.6. The van der Waals surface area contributed by atoms with Crippen LogP contribution in [0, 0.1) is 0 Å². The smallest absolute Gasteiger partial charge is 0.0713 e. The van der Waals surface area contributed by atoms with Crippen molar-refractivity contribution in [1.29, 1.82) is 0 Å². The summed E-state index contributed by atoms with van der Waals surface area (Å²) >= 11 is 0. The Morgan fingerprint density at radius 2 is 0.623 bits per heavy atom. The molecule has 0 saturated heterocycles. The Kier molecular flexibility index (Phi) is 9.58. The van der Waals surface area contributed by atoms with Gasteiger partial charge in [-0.2, -0.15) is 0 Å². The molecule has 15 aromatic rings. The van der Waals surface area contributed by atoms with Gasteiger partial charge in [-0.1, -0.05) is 231 Å². The average Bonchev–Trinajstić information content (AvgIpc) is 4.19. The Hall–Kier alpha value is -10.0. The molecular formula is C75H48N2. The molecule has 1 aliphatic carbocycles. The van der Waals surface area contributed by atoms with Crippen molar-refractivity contribution in [2.24, 2.45) is 0 Å². The number of benzene rings is 13. The Morgan fingerprint density at radius 3 is 1.16 bits per heavy atom. The summed E-state index contributed by atoms with van der Waals surface area (Å²) in [4.78, 5) is 0. The number of nitrogens with zero attached hydrogens (tertiary/aromatic N) is 2. The summed E-state index contributed by atoms with van der Waals surface area (Å²) in [5.41, 5.74) is 21.5. The zero-order valence-electron chi connectivity index (χ0n) is 42.1. The van der Waals surface area contributed by atoms with Gasteiger partial charge in [-0.25, -0.2) is 0 Å². The molecule has 2 nitrogen and oxygen atoms in total. The molecule has 0 N–H and O–H groups in total. The molecule has 0 radical (unpaired) electrons. The van der Waals surface area contributed by atoms with E-state index in [2.05, 4.69) is 300 Å². The van der Waals surface area contributed by atoms with Crippen molar-refractivity contribution in [3.63, 3.8) is 0 Å². The van der Waals surface area contributed by atoms with E-state index in [-0.39, 0.29) is 0 Å². The molecule has 1 aliphatic rings. The fourth-order valence-corrected chi connectivity index (χ4v) is 13.8. The van der Waals surface area contributed by atoms with Crippen molar-refractivity contribution >= 4 is 65.2 Å². The molecule has 16 rings (SSSR count). The summed E-state index contributed by atoms with van der Waals surface area (Å²) in [6, 6.07) is 108. The molecule has 0 bridgehead atoms. The van der Waals surface area contributed by atoms with E-state index < -0.39 is 5.41 Å². The largest absolute Gasteiger partial charge is 0.309 e. The lowest BCUT2D eigenvalue weighted by atomic mass is 9.67. The van der Waals surface area contributed by atoms with Gasteiger partial charge < -0.3 is 9.13 Å². The third-order valence-electron chi connectivity index (χ3n) is 16.8. The first-order valence-electron chi connectivity index (χ1n) is 26.8. The lowest BCUT2D eigenvalue weighted by molar-refractivity contribution is 0.768. The molecule has 358 valence electrons. The van der Waals surface area contributed by atoms with Crippen LogP contribution in [0.25, 0.3) is 121 Å². The van der Waals surface area contributed by atoms with E-state index in [0.717, 1.165) is 11.4 Å². The highest BCUT2D eigenvalue weighted by Crippen LogP contribution is 2.57. The van der Waals surface area contributed by atoms with Crippen molar-refractivity contribution in [2.45, 2.75) is 5.41 Å². The SMILES string of the molecule is c1ccc(-n2c3ccccc3c3c(-c4cccc5c(-c6ccc7c(c6)-c6ccccc6C7(c6ccccc6)c6ccccc6)c6cccc(-c7cccc8c7c7ccccc7n8-c7ccccc7)c6cc45)cccc32)cc1. The number of para-hydroxylation sites is 4. The van der Waals surface area contributed by atoms with Gasteiger partial charge in [0, 0.05) is 32.9 Å². The molecular weight excluding hydrogens is 929 g/mol. The third-order valence-corrected chi connectivity index (χ3v) is 16.8. The zero-order chi connectivity index (χ0) is 50.6. The predicted octanol–water partition coefficient (Wildman–Crippen LogP) is 19.6. The summed E-state index contributed by atoms with van der Waals surface area (Å²) < 4.78 is 4.86. The van der Waals surface area contributed by atoms with Crippen LogP contribution >= 0.6 is 0 Å². The van der Waals surface area contributed by atoms with Gasteiger partial charge in [0.1, 0.15) is 0 Å². The van der Waals surface area contributed by atoms with E-state index in [1.165, 1.54) is 132 Å². The maximum Gasteiger partial charge on any atom is 0.0713 e. The van der Waals surface area contributed by atoms with Crippen LogP contribution in [-0.4, -0.2) is 9.13 Å². The Bertz CT molecular complexity index is 4580. The monoisotopic (exact) mass is 976 g/mol. The molecule has 0 saturated carbocycles. The topological polar surface area (TPSA) is 9.86 Å². The normalized spacial score (nSPS) is 12.8. The molecule has 77 heavy (non-hydrogen) atoms. The predicted molar refractivity (Wildman–Crippen MR) is 324 cm³/mol. The molecule has 2 heterocycles. The lowest BCUT2D eigenvalue weighted by Crippen LogP contribution is -2.28.